The van der Waals surface area contributed by atoms with E-state index in [1.807, 2.05) is 0 Å². The summed E-state index contributed by atoms with van der Waals surface area (Å²) in [6, 6.07) is 2.76. The molecule has 0 amide bonds. The zero-order chi connectivity index (χ0) is 16.4. The molecule has 0 heterocycles. The third-order valence-corrected chi connectivity index (χ3v) is 3.26. The van der Waals surface area contributed by atoms with Gasteiger partial charge in [-0.1, -0.05) is 17.7 Å². The van der Waals surface area contributed by atoms with Crippen molar-refractivity contribution in [2.24, 2.45) is 0 Å². The van der Waals surface area contributed by atoms with Gasteiger partial charge in [-0.25, -0.2) is 9.18 Å². The number of alkyl halides is 3. The van der Waals surface area contributed by atoms with Crippen LogP contribution >= 0.6 is 11.6 Å². The van der Waals surface area contributed by atoms with E-state index in [1.165, 1.54) is 0 Å². The van der Waals surface area contributed by atoms with Crippen LogP contribution in [0, 0.1) is 5.82 Å². The Morgan fingerprint density at radius 1 is 1.38 bits per heavy atom. The Labute approximate surface area is 121 Å². The lowest BCUT2D eigenvalue weighted by Gasteiger charge is -2.19. The summed E-state index contributed by atoms with van der Waals surface area (Å²) < 4.78 is 84.1. The van der Waals surface area contributed by atoms with Crippen LogP contribution in [0.2, 0.25) is 5.02 Å². The Hall–Kier alpha value is -1.39. The topological polar surface area (TPSA) is 80.7 Å². The van der Waals surface area contributed by atoms with Gasteiger partial charge in [0.25, 0.3) is 10.1 Å². The molecule has 0 aliphatic carbocycles. The third kappa shape index (κ3) is 5.14. The smallest absolute Gasteiger partial charge is 0.426 e. The summed E-state index contributed by atoms with van der Waals surface area (Å²) in [5.74, 6) is -4.62. The van der Waals surface area contributed by atoms with Gasteiger partial charge in [0.15, 0.2) is 0 Å². The molecule has 1 rings (SSSR count). The Bertz CT molecular complexity index is 643. The average Bonchev–Trinajstić information content (AvgIpc) is 2.28. The molecular formula is C10H7ClF4O5S. The Morgan fingerprint density at radius 2 is 1.95 bits per heavy atom. The fourth-order valence-electron chi connectivity index (χ4n) is 1.24. The molecule has 0 aliphatic heterocycles. The molecule has 11 heteroatoms. The van der Waals surface area contributed by atoms with E-state index in [0.717, 1.165) is 18.2 Å². The first-order valence-corrected chi connectivity index (χ1v) is 7.07. The van der Waals surface area contributed by atoms with Gasteiger partial charge in [-0.3, -0.25) is 4.55 Å². The lowest BCUT2D eigenvalue weighted by Crippen LogP contribution is -2.39. The van der Waals surface area contributed by atoms with Gasteiger partial charge in [0.2, 0.25) is 6.10 Å². The van der Waals surface area contributed by atoms with Gasteiger partial charge in [0.1, 0.15) is 11.6 Å². The van der Waals surface area contributed by atoms with Crippen LogP contribution in [0.5, 0.6) is 0 Å². The second-order valence-corrected chi connectivity index (χ2v) is 5.66. The van der Waals surface area contributed by atoms with E-state index in [1.54, 1.807) is 0 Å². The molecule has 1 unspecified atom stereocenters. The van der Waals surface area contributed by atoms with Crippen LogP contribution < -0.4 is 0 Å². The van der Waals surface area contributed by atoms with Crippen LogP contribution in [0.15, 0.2) is 18.2 Å². The lowest BCUT2D eigenvalue weighted by molar-refractivity contribution is -0.197. The Balaban J connectivity index is 3.04. The first kappa shape index (κ1) is 17.7. The summed E-state index contributed by atoms with van der Waals surface area (Å²) in [5, 5.41) is -0.768. The normalized spacial score (nSPS) is 13.8. The van der Waals surface area contributed by atoms with Gasteiger partial charge in [-0.05, 0) is 12.1 Å². The minimum absolute atomic E-state index is 0.707. The van der Waals surface area contributed by atoms with Crippen molar-refractivity contribution < 1.29 is 40.1 Å². The summed E-state index contributed by atoms with van der Waals surface area (Å²) in [7, 11) is -5.06. The van der Waals surface area contributed by atoms with Gasteiger partial charge < -0.3 is 4.74 Å². The SMILES string of the molecule is O=C(OC(CS(=O)(=O)O)C(F)(F)F)c1cccc(F)c1Cl. The monoisotopic (exact) mass is 350 g/mol. The standard InChI is InChI=1S/C10H7ClF4O5S/c11-8-5(2-1-3-6(8)12)9(16)20-7(10(13,14)15)4-21(17,18)19/h1-3,7H,4H2,(H,17,18,19). The molecule has 0 aromatic heterocycles. The van der Waals surface area contributed by atoms with Crippen molar-refractivity contribution in [1.82, 2.24) is 0 Å². The number of esters is 1. The van der Waals surface area contributed by atoms with Crippen molar-refractivity contribution in [2.75, 3.05) is 5.75 Å². The van der Waals surface area contributed by atoms with Gasteiger partial charge in [-0.2, -0.15) is 21.6 Å². The maximum atomic E-state index is 13.1. The fraction of sp³-hybridized carbons (Fsp3) is 0.300. The summed E-state index contributed by atoms with van der Waals surface area (Å²) in [5.41, 5.74) is -0.707. The molecule has 0 radical (unpaired) electrons. The molecule has 0 aliphatic rings. The number of carbonyl (C=O) groups is 1. The van der Waals surface area contributed by atoms with E-state index in [2.05, 4.69) is 4.74 Å². The second-order valence-electron chi connectivity index (χ2n) is 3.79. The molecule has 0 spiro atoms. The summed E-state index contributed by atoms with van der Waals surface area (Å²) in [6.07, 6.45) is -8.36. The molecule has 0 saturated carbocycles. The number of halogens is 5. The highest BCUT2D eigenvalue weighted by Gasteiger charge is 2.45. The number of benzene rings is 1. The highest BCUT2D eigenvalue weighted by atomic mass is 35.5. The van der Waals surface area contributed by atoms with Crippen LogP contribution in [0.1, 0.15) is 10.4 Å². The summed E-state index contributed by atoms with van der Waals surface area (Å²) in [6.45, 7) is 0. The molecule has 1 N–H and O–H groups in total. The lowest BCUT2D eigenvalue weighted by atomic mass is 10.2. The minimum atomic E-state index is -5.24. The van der Waals surface area contributed by atoms with Crippen molar-refractivity contribution >= 4 is 27.7 Å². The molecule has 0 fully saturated rings. The van der Waals surface area contributed by atoms with E-state index in [0.29, 0.717) is 0 Å². The number of ether oxygens (including phenoxy) is 1. The van der Waals surface area contributed by atoms with Gasteiger partial charge in [0.05, 0.1) is 10.6 Å². The van der Waals surface area contributed by atoms with Crippen molar-refractivity contribution in [1.29, 1.82) is 0 Å². The van der Waals surface area contributed by atoms with E-state index < -0.39 is 50.5 Å². The first-order chi connectivity index (χ1) is 9.42. The fourth-order valence-corrected chi connectivity index (χ4v) is 2.08. The van der Waals surface area contributed by atoms with E-state index >= 15 is 0 Å². The van der Waals surface area contributed by atoms with E-state index in [9.17, 15) is 30.8 Å². The van der Waals surface area contributed by atoms with Gasteiger partial charge in [0, 0.05) is 0 Å². The van der Waals surface area contributed by atoms with Crippen molar-refractivity contribution in [3.05, 3.63) is 34.6 Å². The molecule has 1 aromatic carbocycles. The quantitative estimate of drug-likeness (QED) is 0.512. The van der Waals surface area contributed by atoms with Crippen LogP contribution in [0.25, 0.3) is 0 Å². The molecule has 0 bridgehead atoms. The van der Waals surface area contributed by atoms with Crippen LogP contribution in [0.4, 0.5) is 17.6 Å². The van der Waals surface area contributed by atoms with Crippen molar-refractivity contribution in [2.45, 2.75) is 12.3 Å². The van der Waals surface area contributed by atoms with E-state index in [-0.39, 0.29) is 0 Å². The van der Waals surface area contributed by atoms with Crippen molar-refractivity contribution in [3.8, 4) is 0 Å². The maximum absolute atomic E-state index is 13.1. The second kappa shape index (κ2) is 6.16. The third-order valence-electron chi connectivity index (χ3n) is 2.15. The van der Waals surface area contributed by atoms with Gasteiger partial charge >= 0.3 is 12.1 Å². The molecule has 21 heavy (non-hydrogen) atoms. The van der Waals surface area contributed by atoms with Crippen molar-refractivity contribution in [3.63, 3.8) is 0 Å². The summed E-state index contributed by atoms with van der Waals surface area (Å²) in [4.78, 5) is 11.5. The predicted molar refractivity (Wildman–Crippen MR) is 63.1 cm³/mol. The molecule has 0 saturated heterocycles. The number of hydrogen-bond acceptors (Lipinski definition) is 4. The first-order valence-electron chi connectivity index (χ1n) is 5.08. The Kier molecular flexibility index (Phi) is 5.18. The Morgan fingerprint density at radius 3 is 2.43 bits per heavy atom. The van der Waals surface area contributed by atoms with Crippen LogP contribution in [0.3, 0.4) is 0 Å². The largest absolute Gasteiger partial charge is 0.448 e. The molecule has 5 nitrogen and oxygen atoms in total. The zero-order valence-corrected chi connectivity index (χ0v) is 11.5. The molecule has 118 valence electrons. The minimum Gasteiger partial charge on any atom is -0.448 e. The highest BCUT2D eigenvalue weighted by Crippen LogP contribution is 2.27. The number of carbonyl (C=O) groups excluding carboxylic acids is 1. The maximum Gasteiger partial charge on any atom is 0.426 e. The predicted octanol–water partition coefficient (Wildman–Crippen LogP) is 2.45. The zero-order valence-electron chi connectivity index (χ0n) is 9.89. The molecule has 1 atom stereocenters. The number of rotatable bonds is 4. The van der Waals surface area contributed by atoms with E-state index in [4.69, 9.17) is 16.2 Å². The highest BCUT2D eigenvalue weighted by molar-refractivity contribution is 7.85. The van der Waals surface area contributed by atoms with Crippen LogP contribution in [-0.2, 0) is 14.9 Å². The van der Waals surface area contributed by atoms with Crippen LogP contribution in [-0.4, -0.2) is 37.0 Å². The summed E-state index contributed by atoms with van der Waals surface area (Å²) >= 11 is 5.39. The molecular weight excluding hydrogens is 344 g/mol. The average molecular weight is 351 g/mol. The number of hydrogen-bond donors (Lipinski definition) is 1. The van der Waals surface area contributed by atoms with Gasteiger partial charge in [-0.15, -0.1) is 0 Å². The molecule has 1 aromatic rings.